The summed E-state index contributed by atoms with van der Waals surface area (Å²) in [7, 11) is 1.61. The van der Waals surface area contributed by atoms with Gasteiger partial charge >= 0.3 is 0 Å². The molecule has 0 N–H and O–H groups in total. The topological polar surface area (TPSA) is 42.4 Å². The fourth-order valence-corrected chi connectivity index (χ4v) is 4.18. The number of benzene rings is 1. The molecule has 23 heavy (non-hydrogen) atoms. The number of hydrogen-bond acceptors (Lipinski definition) is 4. The van der Waals surface area contributed by atoms with Gasteiger partial charge in [0.05, 0.1) is 18.9 Å². The van der Waals surface area contributed by atoms with Crippen LogP contribution in [0.25, 0.3) is 0 Å². The number of rotatable bonds is 3. The number of ether oxygens (including phenoxy) is 1. The first kappa shape index (κ1) is 16.3. The lowest BCUT2D eigenvalue weighted by molar-refractivity contribution is 0.0758. The molecule has 1 fully saturated rings. The molecule has 1 atom stereocenters. The smallest absolute Gasteiger partial charge is 0.256 e. The van der Waals surface area contributed by atoms with Crippen molar-refractivity contribution in [3.63, 3.8) is 0 Å². The molecule has 0 spiro atoms. The van der Waals surface area contributed by atoms with Crippen LogP contribution in [0.1, 0.15) is 21.3 Å². The van der Waals surface area contributed by atoms with Crippen molar-refractivity contribution in [1.82, 2.24) is 9.88 Å². The van der Waals surface area contributed by atoms with Crippen molar-refractivity contribution < 1.29 is 13.9 Å². The third-order valence-corrected chi connectivity index (χ3v) is 5.30. The minimum absolute atomic E-state index is 0.168. The summed E-state index contributed by atoms with van der Waals surface area (Å²) in [6.07, 6.45) is 2.48. The van der Waals surface area contributed by atoms with Crippen LogP contribution in [0.2, 0.25) is 0 Å². The fourth-order valence-electron chi connectivity index (χ4n) is 2.53. The van der Waals surface area contributed by atoms with Crippen LogP contribution in [0.5, 0.6) is 5.75 Å². The third kappa shape index (κ3) is 3.35. The Morgan fingerprint density at radius 2 is 2.26 bits per heavy atom. The molecule has 1 amide bonds. The maximum atomic E-state index is 13.3. The molecule has 7 heteroatoms. The molecule has 2 heterocycles. The second-order valence-electron chi connectivity index (χ2n) is 5.00. The van der Waals surface area contributed by atoms with Crippen molar-refractivity contribution in [2.45, 2.75) is 5.37 Å². The van der Waals surface area contributed by atoms with E-state index in [2.05, 4.69) is 20.9 Å². The highest BCUT2D eigenvalue weighted by molar-refractivity contribution is 9.10. The van der Waals surface area contributed by atoms with E-state index in [1.165, 1.54) is 12.3 Å². The van der Waals surface area contributed by atoms with Crippen molar-refractivity contribution in [3.8, 4) is 5.75 Å². The van der Waals surface area contributed by atoms with E-state index >= 15 is 0 Å². The highest BCUT2D eigenvalue weighted by Crippen LogP contribution is 2.43. The first-order chi connectivity index (χ1) is 11.1. The summed E-state index contributed by atoms with van der Waals surface area (Å²) in [6.45, 7) is 0.598. The average Bonchev–Trinajstić information content (AvgIpc) is 3.03. The van der Waals surface area contributed by atoms with E-state index in [1.54, 1.807) is 23.8 Å². The SMILES string of the molecule is COc1ccc(Br)cc1C1SCCN1C(=O)c1cncc(F)c1. The lowest BCUT2D eigenvalue weighted by Gasteiger charge is -2.25. The summed E-state index contributed by atoms with van der Waals surface area (Å²) in [5.74, 6) is 0.797. The van der Waals surface area contributed by atoms with E-state index in [4.69, 9.17) is 4.74 Å². The van der Waals surface area contributed by atoms with Gasteiger partial charge in [0.2, 0.25) is 0 Å². The van der Waals surface area contributed by atoms with Gasteiger partial charge in [0.25, 0.3) is 5.91 Å². The zero-order valence-corrected chi connectivity index (χ0v) is 14.7. The van der Waals surface area contributed by atoms with Crippen molar-refractivity contribution in [1.29, 1.82) is 0 Å². The standard InChI is InChI=1S/C16H14BrFN2O2S/c1-22-14-3-2-11(17)7-13(14)16-20(4-5-23-16)15(21)10-6-12(18)9-19-8-10/h2-3,6-9,16H,4-5H2,1H3. The van der Waals surface area contributed by atoms with Gasteiger partial charge in [0.1, 0.15) is 16.9 Å². The fraction of sp³-hybridized carbons (Fsp3) is 0.250. The number of amides is 1. The molecule has 1 unspecified atom stereocenters. The molecule has 0 aliphatic carbocycles. The highest BCUT2D eigenvalue weighted by atomic mass is 79.9. The third-order valence-electron chi connectivity index (χ3n) is 3.56. The van der Waals surface area contributed by atoms with Crippen LogP contribution in [0.15, 0.2) is 41.1 Å². The van der Waals surface area contributed by atoms with Crippen LogP contribution in [0.3, 0.4) is 0 Å². The van der Waals surface area contributed by atoms with Crippen LogP contribution < -0.4 is 4.74 Å². The van der Waals surface area contributed by atoms with Gasteiger partial charge < -0.3 is 9.64 Å². The Balaban J connectivity index is 1.94. The quantitative estimate of drug-likeness (QED) is 0.789. The molecule has 2 aromatic rings. The first-order valence-corrected chi connectivity index (χ1v) is 8.81. The number of carbonyl (C=O) groups is 1. The number of pyridine rings is 1. The number of thioether (sulfide) groups is 1. The summed E-state index contributed by atoms with van der Waals surface area (Å²) in [5, 5.41) is -0.168. The van der Waals surface area contributed by atoms with E-state index in [-0.39, 0.29) is 16.8 Å². The Morgan fingerprint density at radius 1 is 1.43 bits per heavy atom. The summed E-state index contributed by atoms with van der Waals surface area (Å²) < 4.78 is 19.7. The van der Waals surface area contributed by atoms with Gasteiger partial charge in [-0.1, -0.05) is 15.9 Å². The minimum atomic E-state index is -0.515. The summed E-state index contributed by atoms with van der Waals surface area (Å²) in [4.78, 5) is 18.2. The van der Waals surface area contributed by atoms with Crippen LogP contribution in [0, 0.1) is 5.82 Å². The van der Waals surface area contributed by atoms with Gasteiger partial charge in [-0.2, -0.15) is 0 Å². The Labute approximate surface area is 146 Å². The summed E-state index contributed by atoms with van der Waals surface area (Å²) in [5.41, 5.74) is 1.17. The zero-order valence-electron chi connectivity index (χ0n) is 12.3. The average molecular weight is 397 g/mol. The van der Waals surface area contributed by atoms with Crippen LogP contribution >= 0.6 is 27.7 Å². The normalized spacial score (nSPS) is 17.3. The first-order valence-electron chi connectivity index (χ1n) is 6.96. The van der Waals surface area contributed by atoms with E-state index in [9.17, 15) is 9.18 Å². The van der Waals surface area contributed by atoms with Crippen molar-refractivity contribution in [2.75, 3.05) is 19.4 Å². The zero-order chi connectivity index (χ0) is 16.4. The van der Waals surface area contributed by atoms with Crippen molar-refractivity contribution in [2.24, 2.45) is 0 Å². The number of hydrogen-bond donors (Lipinski definition) is 0. The monoisotopic (exact) mass is 396 g/mol. The molecular formula is C16H14BrFN2O2S. The predicted octanol–water partition coefficient (Wildman–Crippen LogP) is 3.88. The van der Waals surface area contributed by atoms with Gasteiger partial charge in [-0.3, -0.25) is 9.78 Å². The van der Waals surface area contributed by atoms with Gasteiger partial charge in [-0.05, 0) is 24.3 Å². The van der Waals surface area contributed by atoms with E-state index in [1.807, 2.05) is 18.2 Å². The Kier molecular flexibility index (Phi) is 4.87. The number of methoxy groups -OCH3 is 1. The second kappa shape index (κ2) is 6.88. The largest absolute Gasteiger partial charge is 0.496 e. The second-order valence-corrected chi connectivity index (χ2v) is 7.10. The maximum Gasteiger partial charge on any atom is 0.256 e. The number of halogens is 2. The molecule has 1 aliphatic heterocycles. The maximum absolute atomic E-state index is 13.3. The predicted molar refractivity (Wildman–Crippen MR) is 91.1 cm³/mol. The molecule has 1 aromatic heterocycles. The lowest BCUT2D eigenvalue weighted by Crippen LogP contribution is -2.30. The summed E-state index contributed by atoms with van der Waals surface area (Å²) >= 11 is 5.12. The molecule has 4 nitrogen and oxygen atoms in total. The van der Waals surface area contributed by atoms with E-state index in [0.29, 0.717) is 6.54 Å². The molecule has 0 saturated carbocycles. The molecular weight excluding hydrogens is 383 g/mol. The number of aromatic nitrogens is 1. The van der Waals surface area contributed by atoms with Crippen LogP contribution in [0.4, 0.5) is 4.39 Å². The van der Waals surface area contributed by atoms with Gasteiger partial charge in [0.15, 0.2) is 0 Å². The highest BCUT2D eigenvalue weighted by Gasteiger charge is 2.33. The Bertz CT molecular complexity index is 744. The Hall–Kier alpha value is -1.60. The van der Waals surface area contributed by atoms with E-state index in [0.717, 1.165) is 27.7 Å². The number of nitrogens with zero attached hydrogens (tertiary/aromatic N) is 2. The molecule has 3 rings (SSSR count). The molecule has 120 valence electrons. The molecule has 1 aromatic carbocycles. The van der Waals surface area contributed by atoms with Gasteiger partial charge in [0, 0.05) is 28.5 Å². The minimum Gasteiger partial charge on any atom is -0.496 e. The van der Waals surface area contributed by atoms with Gasteiger partial charge in [-0.25, -0.2) is 4.39 Å². The number of carbonyl (C=O) groups excluding carboxylic acids is 1. The molecule has 1 aliphatic rings. The molecule has 0 radical (unpaired) electrons. The summed E-state index contributed by atoms with van der Waals surface area (Å²) in [6, 6.07) is 6.93. The molecule has 0 bridgehead atoms. The van der Waals surface area contributed by atoms with Crippen molar-refractivity contribution in [3.05, 3.63) is 58.1 Å². The van der Waals surface area contributed by atoms with Crippen molar-refractivity contribution >= 4 is 33.6 Å². The lowest BCUT2D eigenvalue weighted by atomic mass is 10.1. The van der Waals surface area contributed by atoms with Crippen LogP contribution in [-0.2, 0) is 0 Å². The Morgan fingerprint density at radius 3 is 3.00 bits per heavy atom. The van der Waals surface area contributed by atoms with E-state index < -0.39 is 5.82 Å². The van der Waals surface area contributed by atoms with Gasteiger partial charge in [-0.15, -0.1) is 11.8 Å². The molecule has 1 saturated heterocycles. The van der Waals surface area contributed by atoms with Crippen LogP contribution in [-0.4, -0.2) is 35.2 Å².